The summed E-state index contributed by atoms with van der Waals surface area (Å²) in [5.74, 6) is 2.34. The van der Waals surface area contributed by atoms with Gasteiger partial charge in [0, 0.05) is 0 Å². The average molecular weight is 283 g/mol. The van der Waals surface area contributed by atoms with Crippen LogP contribution in [0.3, 0.4) is 0 Å². The zero-order chi connectivity index (χ0) is 15.4. The van der Waals surface area contributed by atoms with Gasteiger partial charge in [0.1, 0.15) is 11.5 Å². The van der Waals surface area contributed by atoms with Gasteiger partial charge in [-0.15, -0.1) is 0 Å². The topological polar surface area (TPSA) is 35.2 Å². The number of benzene rings is 2. The highest BCUT2D eigenvalue weighted by Crippen LogP contribution is 2.31. The third kappa shape index (κ3) is 3.85. The Balaban J connectivity index is 2.35. The van der Waals surface area contributed by atoms with Gasteiger partial charge in [0.15, 0.2) is 0 Å². The molecule has 0 amide bonds. The molecule has 0 fully saturated rings. The van der Waals surface area contributed by atoms with Gasteiger partial charge in [0.25, 0.3) is 0 Å². The van der Waals surface area contributed by atoms with E-state index in [9.17, 15) is 0 Å². The number of rotatable bonds is 5. The second kappa shape index (κ2) is 6.77. The first-order valence-corrected chi connectivity index (χ1v) is 7.59. The minimum absolute atomic E-state index is 0.495. The highest BCUT2D eigenvalue weighted by molar-refractivity contribution is 5.44. The zero-order valence-electron chi connectivity index (χ0n) is 13.4. The Labute approximate surface area is 127 Å². The molecule has 2 heteroatoms. The second-order valence-electron chi connectivity index (χ2n) is 5.93. The van der Waals surface area contributed by atoms with E-state index in [-0.39, 0.29) is 0 Å². The fourth-order valence-corrected chi connectivity index (χ4v) is 2.36. The van der Waals surface area contributed by atoms with Gasteiger partial charge in [-0.1, -0.05) is 43.7 Å². The van der Waals surface area contributed by atoms with Crippen LogP contribution in [0.25, 0.3) is 0 Å². The molecule has 21 heavy (non-hydrogen) atoms. The highest BCUT2D eigenvalue weighted by Gasteiger charge is 2.09. The van der Waals surface area contributed by atoms with Crippen LogP contribution in [-0.4, -0.2) is 6.54 Å². The van der Waals surface area contributed by atoms with Crippen LogP contribution in [0.5, 0.6) is 11.5 Å². The third-order valence-electron chi connectivity index (χ3n) is 3.73. The summed E-state index contributed by atoms with van der Waals surface area (Å²) < 4.78 is 6.18. The minimum Gasteiger partial charge on any atom is -0.457 e. The van der Waals surface area contributed by atoms with E-state index in [1.807, 2.05) is 6.07 Å². The first-order chi connectivity index (χ1) is 10.0. The van der Waals surface area contributed by atoms with Gasteiger partial charge in [-0.3, -0.25) is 0 Å². The number of nitrogens with two attached hydrogens (primary N) is 1. The van der Waals surface area contributed by atoms with Gasteiger partial charge < -0.3 is 10.5 Å². The standard InChI is InChI=1S/C19H25NO/c1-13(2)16-7-6-15(4)19(12-16)21-18-8-5-14(3)11-17(18)9-10-20/h5-8,11-13H,9-10,20H2,1-4H3. The summed E-state index contributed by atoms with van der Waals surface area (Å²) >= 11 is 0. The Hall–Kier alpha value is -1.80. The largest absolute Gasteiger partial charge is 0.457 e. The molecule has 2 rings (SSSR count). The van der Waals surface area contributed by atoms with Crippen LogP contribution in [0, 0.1) is 13.8 Å². The molecule has 2 N–H and O–H groups in total. The van der Waals surface area contributed by atoms with Gasteiger partial charge in [0.2, 0.25) is 0 Å². The maximum Gasteiger partial charge on any atom is 0.130 e. The average Bonchev–Trinajstić information content (AvgIpc) is 2.44. The lowest BCUT2D eigenvalue weighted by molar-refractivity contribution is 0.471. The lowest BCUT2D eigenvalue weighted by Gasteiger charge is -2.15. The molecular weight excluding hydrogens is 258 g/mol. The van der Waals surface area contributed by atoms with Crippen molar-refractivity contribution in [3.8, 4) is 11.5 Å². The summed E-state index contributed by atoms with van der Waals surface area (Å²) in [6, 6.07) is 12.7. The van der Waals surface area contributed by atoms with Crippen molar-refractivity contribution in [2.24, 2.45) is 5.73 Å². The zero-order valence-corrected chi connectivity index (χ0v) is 13.4. The van der Waals surface area contributed by atoms with Crippen LogP contribution < -0.4 is 10.5 Å². The van der Waals surface area contributed by atoms with Gasteiger partial charge in [0.05, 0.1) is 0 Å². The maximum atomic E-state index is 6.18. The molecule has 2 nitrogen and oxygen atoms in total. The molecule has 0 unspecified atom stereocenters. The van der Waals surface area contributed by atoms with Crippen molar-refractivity contribution in [1.29, 1.82) is 0 Å². The Morgan fingerprint density at radius 1 is 1.00 bits per heavy atom. The molecule has 0 spiro atoms. The normalized spacial score (nSPS) is 11.0. The lowest BCUT2D eigenvalue weighted by atomic mass is 10.0. The predicted octanol–water partition coefficient (Wildman–Crippen LogP) is 4.72. The minimum atomic E-state index is 0.495. The van der Waals surface area contributed by atoms with Crippen LogP contribution in [0.2, 0.25) is 0 Å². The Morgan fingerprint density at radius 2 is 1.76 bits per heavy atom. The van der Waals surface area contributed by atoms with Crippen LogP contribution in [0.4, 0.5) is 0 Å². The molecule has 0 aliphatic rings. The van der Waals surface area contributed by atoms with Gasteiger partial charge in [-0.2, -0.15) is 0 Å². The third-order valence-corrected chi connectivity index (χ3v) is 3.73. The van der Waals surface area contributed by atoms with E-state index < -0.39 is 0 Å². The van der Waals surface area contributed by atoms with Crippen LogP contribution in [0.15, 0.2) is 36.4 Å². The number of hydrogen-bond donors (Lipinski definition) is 1. The van der Waals surface area contributed by atoms with E-state index in [4.69, 9.17) is 10.5 Å². The molecule has 0 aliphatic carbocycles. The van der Waals surface area contributed by atoms with E-state index in [0.717, 1.165) is 23.5 Å². The SMILES string of the molecule is Cc1ccc(Oc2cc(C(C)C)ccc2C)c(CCN)c1. The van der Waals surface area contributed by atoms with E-state index >= 15 is 0 Å². The Kier molecular flexibility index (Phi) is 5.03. The summed E-state index contributed by atoms with van der Waals surface area (Å²) in [7, 11) is 0. The lowest BCUT2D eigenvalue weighted by Crippen LogP contribution is -2.04. The molecule has 0 heterocycles. The molecule has 0 radical (unpaired) electrons. The van der Waals surface area contributed by atoms with E-state index in [1.54, 1.807) is 0 Å². The van der Waals surface area contributed by atoms with Crippen LogP contribution >= 0.6 is 0 Å². The Morgan fingerprint density at radius 3 is 2.43 bits per heavy atom. The molecule has 0 aliphatic heterocycles. The van der Waals surface area contributed by atoms with Crippen molar-refractivity contribution < 1.29 is 4.74 Å². The number of ether oxygens (including phenoxy) is 1. The van der Waals surface area contributed by atoms with Crippen molar-refractivity contribution in [1.82, 2.24) is 0 Å². The van der Waals surface area contributed by atoms with Crippen LogP contribution in [-0.2, 0) is 6.42 Å². The predicted molar refractivity (Wildman–Crippen MR) is 89.3 cm³/mol. The quantitative estimate of drug-likeness (QED) is 0.861. The molecule has 0 saturated heterocycles. The molecule has 0 bridgehead atoms. The highest BCUT2D eigenvalue weighted by atomic mass is 16.5. The maximum absolute atomic E-state index is 6.18. The number of aryl methyl sites for hydroxylation is 2. The van der Waals surface area contributed by atoms with Gasteiger partial charge in [-0.05, 0) is 61.6 Å². The van der Waals surface area contributed by atoms with Crippen molar-refractivity contribution in [3.63, 3.8) is 0 Å². The molecule has 0 saturated carbocycles. The van der Waals surface area contributed by atoms with E-state index in [0.29, 0.717) is 12.5 Å². The van der Waals surface area contributed by atoms with E-state index in [2.05, 4.69) is 58.0 Å². The fraction of sp³-hybridized carbons (Fsp3) is 0.368. The van der Waals surface area contributed by atoms with Crippen molar-refractivity contribution in [2.75, 3.05) is 6.54 Å². The summed E-state index contributed by atoms with van der Waals surface area (Å²) in [5.41, 5.74) is 10.6. The summed E-state index contributed by atoms with van der Waals surface area (Å²) in [6.07, 6.45) is 0.833. The second-order valence-corrected chi connectivity index (χ2v) is 5.93. The molecular formula is C19H25NO. The monoisotopic (exact) mass is 283 g/mol. The first kappa shape index (κ1) is 15.6. The van der Waals surface area contributed by atoms with Crippen molar-refractivity contribution in [3.05, 3.63) is 58.7 Å². The number of hydrogen-bond acceptors (Lipinski definition) is 2. The Bertz CT molecular complexity index is 617. The first-order valence-electron chi connectivity index (χ1n) is 7.59. The molecule has 0 aromatic heterocycles. The molecule has 2 aromatic rings. The van der Waals surface area contributed by atoms with Crippen LogP contribution in [0.1, 0.15) is 42.0 Å². The molecule has 112 valence electrons. The summed E-state index contributed by atoms with van der Waals surface area (Å²) in [6.45, 7) is 9.19. The van der Waals surface area contributed by atoms with Crippen molar-refractivity contribution >= 4 is 0 Å². The smallest absolute Gasteiger partial charge is 0.130 e. The van der Waals surface area contributed by atoms with E-state index in [1.165, 1.54) is 16.7 Å². The molecule has 2 aromatic carbocycles. The summed E-state index contributed by atoms with van der Waals surface area (Å²) in [5, 5.41) is 0. The molecule has 0 atom stereocenters. The van der Waals surface area contributed by atoms with Gasteiger partial charge in [-0.25, -0.2) is 0 Å². The van der Waals surface area contributed by atoms with Crippen molar-refractivity contribution in [2.45, 2.75) is 40.0 Å². The fourth-order valence-electron chi connectivity index (χ4n) is 2.36. The summed E-state index contributed by atoms with van der Waals surface area (Å²) in [4.78, 5) is 0. The van der Waals surface area contributed by atoms with Gasteiger partial charge >= 0.3 is 0 Å².